The molecule has 10 nitrogen and oxygen atoms in total. The van der Waals surface area contributed by atoms with Crippen LogP contribution in [0.15, 0.2) is 36.4 Å². The molecule has 1 fully saturated rings. The Hall–Kier alpha value is -3.47. The average Bonchev–Trinajstić information content (AvgIpc) is 3.15. The standard InChI is InChI=1S/C25H28ClN5O5/c26-18-10-15(5-7-36-8-6-27)11-19(12-18)29-25(35)28-13-16-1-2-20-17(9-16)14-31(24(20)34)21-3-4-22(32)30-23(21)33/h1-2,9-12,21H,3-8,13-14,27H2,(H2,28,29,35)(H,30,32,33). The quantitative estimate of drug-likeness (QED) is 0.298. The molecule has 2 heterocycles. The molecule has 190 valence electrons. The molecule has 11 heteroatoms. The van der Waals surface area contributed by atoms with E-state index in [1.165, 1.54) is 4.90 Å². The molecule has 0 saturated carbocycles. The number of urea groups is 1. The molecule has 2 aliphatic heterocycles. The number of rotatable bonds is 9. The fraction of sp³-hybridized carbons (Fsp3) is 0.360. The van der Waals surface area contributed by atoms with Gasteiger partial charge in [-0.05, 0) is 53.8 Å². The van der Waals surface area contributed by atoms with Crippen LogP contribution in [-0.2, 0) is 33.8 Å². The van der Waals surface area contributed by atoms with Crippen molar-refractivity contribution >= 4 is 41.0 Å². The first-order valence-electron chi connectivity index (χ1n) is 11.7. The molecule has 2 aromatic carbocycles. The lowest BCUT2D eigenvalue weighted by atomic mass is 10.0. The van der Waals surface area contributed by atoms with Gasteiger partial charge in [0, 0.05) is 42.3 Å². The lowest BCUT2D eigenvalue weighted by Gasteiger charge is -2.29. The molecule has 1 unspecified atom stereocenters. The lowest BCUT2D eigenvalue weighted by Crippen LogP contribution is -2.52. The van der Waals surface area contributed by atoms with Crippen LogP contribution in [0.3, 0.4) is 0 Å². The number of anilines is 1. The Labute approximate surface area is 213 Å². The van der Waals surface area contributed by atoms with Crippen molar-refractivity contribution in [3.8, 4) is 0 Å². The van der Waals surface area contributed by atoms with E-state index in [0.29, 0.717) is 48.9 Å². The van der Waals surface area contributed by atoms with Crippen molar-refractivity contribution in [2.75, 3.05) is 25.1 Å². The average molecular weight is 514 g/mol. The Morgan fingerprint density at radius 3 is 2.75 bits per heavy atom. The van der Waals surface area contributed by atoms with Gasteiger partial charge in [-0.1, -0.05) is 23.7 Å². The number of piperidine rings is 1. The number of halogens is 1. The second kappa shape index (κ2) is 11.5. The first-order chi connectivity index (χ1) is 17.3. The minimum Gasteiger partial charge on any atom is -0.380 e. The highest BCUT2D eigenvalue weighted by Gasteiger charge is 2.39. The number of carbonyl (C=O) groups is 4. The molecule has 5 amide bonds. The summed E-state index contributed by atoms with van der Waals surface area (Å²) in [6.07, 6.45) is 1.16. The summed E-state index contributed by atoms with van der Waals surface area (Å²) in [5, 5.41) is 8.39. The Bertz CT molecular complexity index is 1190. The van der Waals surface area contributed by atoms with Crippen LogP contribution in [0, 0.1) is 0 Å². The monoisotopic (exact) mass is 513 g/mol. The van der Waals surface area contributed by atoms with Crippen LogP contribution in [0.25, 0.3) is 0 Å². The maximum Gasteiger partial charge on any atom is 0.319 e. The number of hydrogen-bond donors (Lipinski definition) is 4. The first kappa shape index (κ1) is 25.6. The topological polar surface area (TPSA) is 143 Å². The highest BCUT2D eigenvalue weighted by atomic mass is 35.5. The van der Waals surface area contributed by atoms with Crippen LogP contribution in [0.2, 0.25) is 5.02 Å². The Morgan fingerprint density at radius 2 is 1.97 bits per heavy atom. The van der Waals surface area contributed by atoms with Gasteiger partial charge >= 0.3 is 6.03 Å². The number of nitrogens with one attached hydrogen (secondary N) is 3. The van der Waals surface area contributed by atoms with E-state index in [9.17, 15) is 19.2 Å². The van der Waals surface area contributed by atoms with Gasteiger partial charge in [-0.15, -0.1) is 0 Å². The largest absolute Gasteiger partial charge is 0.380 e. The second-order valence-electron chi connectivity index (χ2n) is 8.70. The molecule has 0 radical (unpaired) electrons. The van der Waals surface area contributed by atoms with Crippen molar-refractivity contribution in [1.29, 1.82) is 0 Å². The minimum absolute atomic E-state index is 0.205. The van der Waals surface area contributed by atoms with E-state index >= 15 is 0 Å². The maximum absolute atomic E-state index is 12.8. The van der Waals surface area contributed by atoms with Gasteiger partial charge in [0.1, 0.15) is 6.04 Å². The van der Waals surface area contributed by atoms with Crippen molar-refractivity contribution < 1.29 is 23.9 Å². The van der Waals surface area contributed by atoms with Crippen molar-refractivity contribution in [1.82, 2.24) is 15.5 Å². The van der Waals surface area contributed by atoms with E-state index in [-0.39, 0.29) is 31.3 Å². The number of amides is 5. The molecular formula is C25H28ClN5O5. The van der Waals surface area contributed by atoms with E-state index in [1.54, 1.807) is 18.2 Å². The van der Waals surface area contributed by atoms with Crippen LogP contribution in [-0.4, -0.2) is 54.5 Å². The Kier molecular flexibility index (Phi) is 8.19. The molecule has 0 aromatic heterocycles. The van der Waals surface area contributed by atoms with Gasteiger partial charge in [0.05, 0.1) is 13.2 Å². The Balaban J connectivity index is 1.32. The predicted molar refractivity (Wildman–Crippen MR) is 133 cm³/mol. The van der Waals surface area contributed by atoms with Gasteiger partial charge in [-0.25, -0.2) is 4.79 Å². The number of hydrogen-bond acceptors (Lipinski definition) is 6. The minimum atomic E-state index is -0.662. The molecule has 0 aliphatic carbocycles. The van der Waals surface area contributed by atoms with E-state index in [0.717, 1.165) is 16.7 Å². The molecule has 1 atom stereocenters. The van der Waals surface area contributed by atoms with Crippen molar-refractivity contribution in [2.24, 2.45) is 5.73 Å². The number of carbonyl (C=O) groups excluding carboxylic acids is 4. The van der Waals surface area contributed by atoms with Crippen LogP contribution >= 0.6 is 11.6 Å². The van der Waals surface area contributed by atoms with E-state index in [2.05, 4.69) is 16.0 Å². The number of ether oxygens (including phenoxy) is 1. The third-order valence-corrected chi connectivity index (χ3v) is 6.27. The molecule has 2 aromatic rings. The van der Waals surface area contributed by atoms with E-state index in [4.69, 9.17) is 22.1 Å². The van der Waals surface area contributed by atoms with Crippen molar-refractivity contribution in [2.45, 2.75) is 38.4 Å². The molecule has 4 rings (SSSR count). The zero-order valence-electron chi connectivity index (χ0n) is 19.6. The van der Waals surface area contributed by atoms with Gasteiger partial charge in [0.25, 0.3) is 5.91 Å². The third-order valence-electron chi connectivity index (χ3n) is 6.05. The second-order valence-corrected chi connectivity index (χ2v) is 9.13. The molecule has 1 saturated heterocycles. The first-order valence-corrected chi connectivity index (χ1v) is 12.1. The fourth-order valence-corrected chi connectivity index (χ4v) is 4.60. The molecule has 2 aliphatic rings. The summed E-state index contributed by atoms with van der Waals surface area (Å²) in [7, 11) is 0. The highest BCUT2D eigenvalue weighted by molar-refractivity contribution is 6.31. The van der Waals surface area contributed by atoms with Gasteiger partial charge in [0.2, 0.25) is 11.8 Å². The van der Waals surface area contributed by atoms with Gasteiger partial charge in [-0.3, -0.25) is 19.7 Å². The van der Waals surface area contributed by atoms with Crippen LogP contribution in [0.5, 0.6) is 0 Å². The zero-order chi connectivity index (χ0) is 25.7. The summed E-state index contributed by atoms with van der Waals surface area (Å²) in [6, 6.07) is 9.57. The highest BCUT2D eigenvalue weighted by Crippen LogP contribution is 2.28. The van der Waals surface area contributed by atoms with Gasteiger partial charge in [-0.2, -0.15) is 0 Å². The number of imide groups is 1. The summed E-state index contributed by atoms with van der Waals surface area (Å²) in [5.74, 6) is -1.00. The molecule has 5 N–H and O–H groups in total. The maximum atomic E-state index is 12.8. The predicted octanol–water partition coefficient (Wildman–Crippen LogP) is 1.94. The number of benzene rings is 2. The Morgan fingerprint density at radius 1 is 1.14 bits per heavy atom. The van der Waals surface area contributed by atoms with Crippen molar-refractivity contribution in [3.63, 3.8) is 0 Å². The molecule has 36 heavy (non-hydrogen) atoms. The molecular weight excluding hydrogens is 486 g/mol. The van der Waals surface area contributed by atoms with Crippen LogP contribution < -0.4 is 21.7 Å². The summed E-state index contributed by atoms with van der Waals surface area (Å²) in [5.41, 5.74) is 9.02. The summed E-state index contributed by atoms with van der Waals surface area (Å²) in [4.78, 5) is 50.4. The molecule has 0 bridgehead atoms. The SMILES string of the molecule is NCCOCCc1cc(Cl)cc(NC(=O)NCc2ccc3c(c2)CN(C2CCC(=O)NC2=O)C3=O)c1. The summed E-state index contributed by atoms with van der Waals surface area (Å²) in [6.45, 7) is 1.97. The fourth-order valence-electron chi connectivity index (χ4n) is 4.34. The normalized spacial score (nSPS) is 17.1. The lowest BCUT2D eigenvalue weighted by molar-refractivity contribution is -0.136. The smallest absolute Gasteiger partial charge is 0.319 e. The van der Waals surface area contributed by atoms with E-state index in [1.807, 2.05) is 18.2 Å². The van der Waals surface area contributed by atoms with Crippen LogP contribution in [0.4, 0.5) is 10.5 Å². The zero-order valence-corrected chi connectivity index (χ0v) is 20.4. The number of nitrogens with two attached hydrogens (primary N) is 1. The number of fused-ring (bicyclic) bond motifs is 1. The van der Waals surface area contributed by atoms with Crippen LogP contribution in [0.1, 0.15) is 39.9 Å². The summed E-state index contributed by atoms with van der Waals surface area (Å²) >= 11 is 6.19. The van der Waals surface area contributed by atoms with Gasteiger partial charge < -0.3 is 26.0 Å². The van der Waals surface area contributed by atoms with Crippen molar-refractivity contribution in [3.05, 3.63) is 63.7 Å². The van der Waals surface area contributed by atoms with Gasteiger partial charge in [0.15, 0.2) is 0 Å². The number of nitrogens with zero attached hydrogens (tertiary/aromatic N) is 1. The molecule has 0 spiro atoms. The third kappa shape index (κ3) is 6.20. The summed E-state index contributed by atoms with van der Waals surface area (Å²) < 4.78 is 5.40. The van der Waals surface area contributed by atoms with E-state index < -0.39 is 18.0 Å².